The predicted molar refractivity (Wildman–Crippen MR) is 128 cm³/mol. The van der Waals surface area contributed by atoms with Gasteiger partial charge < -0.3 is 0 Å². The van der Waals surface area contributed by atoms with Crippen molar-refractivity contribution in [3.05, 3.63) is 101 Å². The quantitative estimate of drug-likeness (QED) is 0.496. The zero-order valence-corrected chi connectivity index (χ0v) is 19.1. The van der Waals surface area contributed by atoms with Crippen molar-refractivity contribution < 1.29 is 12.8 Å². The van der Waals surface area contributed by atoms with E-state index in [0.29, 0.717) is 18.2 Å². The van der Waals surface area contributed by atoms with Crippen LogP contribution in [-0.2, 0) is 23.1 Å². The van der Waals surface area contributed by atoms with Gasteiger partial charge in [0.1, 0.15) is 5.82 Å². The molecule has 0 aliphatic carbocycles. The molecule has 3 aromatic rings. The van der Waals surface area contributed by atoms with Gasteiger partial charge in [0.2, 0.25) is 10.0 Å². The number of anilines is 1. The molecular weight excluding hydrogens is 423 g/mol. The van der Waals surface area contributed by atoms with Crippen LogP contribution < -0.4 is 4.31 Å². The van der Waals surface area contributed by atoms with Gasteiger partial charge in [-0.15, -0.1) is 0 Å². The summed E-state index contributed by atoms with van der Waals surface area (Å²) in [5.74, 6) is 0.190. The molecule has 1 aliphatic rings. The predicted octanol–water partition coefficient (Wildman–Crippen LogP) is 5.17. The molecule has 1 aliphatic heterocycles. The molecule has 0 N–H and O–H groups in total. The van der Waals surface area contributed by atoms with Gasteiger partial charge in [0.05, 0.1) is 18.5 Å². The number of piperidine rings is 1. The molecule has 168 valence electrons. The standard InChI is InChI=1S/C26H29FN2O2S/c1-32(30,31)29(25-8-3-2-4-9-25)20-23-7-5-6-10-26(23)22-15-17-28(18-16-22)19-21-11-13-24(27)14-12-21/h2-14,22H,15-20H2,1H3. The van der Waals surface area contributed by atoms with Crippen LogP contribution in [0, 0.1) is 5.82 Å². The number of para-hydroxylation sites is 1. The Hall–Kier alpha value is -2.70. The van der Waals surface area contributed by atoms with Gasteiger partial charge in [-0.1, -0.05) is 54.6 Å². The average Bonchev–Trinajstić information content (AvgIpc) is 2.80. The summed E-state index contributed by atoms with van der Waals surface area (Å²) in [6.45, 7) is 3.08. The number of halogens is 1. The minimum absolute atomic E-state index is 0.206. The van der Waals surface area contributed by atoms with E-state index in [4.69, 9.17) is 0 Å². The van der Waals surface area contributed by atoms with Gasteiger partial charge in [0.15, 0.2) is 0 Å². The summed E-state index contributed by atoms with van der Waals surface area (Å²) in [7, 11) is -3.41. The Kier molecular flexibility index (Phi) is 6.92. The second-order valence-corrected chi connectivity index (χ2v) is 10.4. The zero-order valence-electron chi connectivity index (χ0n) is 18.3. The maximum atomic E-state index is 13.2. The molecule has 1 heterocycles. The van der Waals surface area contributed by atoms with Crippen molar-refractivity contribution in [2.24, 2.45) is 0 Å². The molecule has 4 rings (SSSR count). The van der Waals surface area contributed by atoms with Gasteiger partial charge in [0.25, 0.3) is 0 Å². The number of likely N-dealkylation sites (tertiary alicyclic amines) is 1. The Balaban J connectivity index is 1.47. The molecule has 4 nitrogen and oxygen atoms in total. The van der Waals surface area contributed by atoms with E-state index in [2.05, 4.69) is 11.0 Å². The molecule has 0 aromatic heterocycles. The van der Waals surface area contributed by atoms with Crippen molar-refractivity contribution in [2.75, 3.05) is 23.7 Å². The molecule has 1 fully saturated rings. The van der Waals surface area contributed by atoms with Crippen molar-refractivity contribution in [3.63, 3.8) is 0 Å². The van der Waals surface area contributed by atoms with E-state index in [1.165, 1.54) is 28.3 Å². The van der Waals surface area contributed by atoms with Crippen molar-refractivity contribution in [2.45, 2.75) is 31.8 Å². The first-order valence-corrected chi connectivity index (χ1v) is 12.8. The molecule has 0 radical (unpaired) electrons. The first-order chi connectivity index (χ1) is 15.4. The van der Waals surface area contributed by atoms with Crippen LogP contribution in [0.2, 0.25) is 0 Å². The van der Waals surface area contributed by atoms with Crippen molar-refractivity contribution >= 4 is 15.7 Å². The molecule has 0 unspecified atom stereocenters. The lowest BCUT2D eigenvalue weighted by atomic mass is 9.86. The van der Waals surface area contributed by atoms with E-state index in [1.54, 1.807) is 0 Å². The lowest BCUT2D eigenvalue weighted by Crippen LogP contribution is -2.33. The van der Waals surface area contributed by atoms with E-state index in [-0.39, 0.29) is 5.82 Å². The first kappa shape index (κ1) is 22.5. The van der Waals surface area contributed by atoms with Gasteiger partial charge in [0, 0.05) is 6.54 Å². The van der Waals surface area contributed by atoms with Gasteiger partial charge >= 0.3 is 0 Å². The van der Waals surface area contributed by atoms with Crippen LogP contribution >= 0.6 is 0 Å². The molecule has 0 spiro atoms. The van der Waals surface area contributed by atoms with E-state index in [9.17, 15) is 12.8 Å². The molecule has 0 bridgehead atoms. The van der Waals surface area contributed by atoms with Crippen LogP contribution in [0.5, 0.6) is 0 Å². The van der Waals surface area contributed by atoms with E-state index >= 15 is 0 Å². The lowest BCUT2D eigenvalue weighted by molar-refractivity contribution is 0.204. The maximum absolute atomic E-state index is 13.2. The summed E-state index contributed by atoms with van der Waals surface area (Å²) < 4.78 is 39.8. The smallest absolute Gasteiger partial charge is 0.232 e. The normalized spacial score (nSPS) is 15.6. The Morgan fingerprint density at radius 1 is 0.906 bits per heavy atom. The fourth-order valence-corrected chi connectivity index (χ4v) is 5.35. The molecule has 0 saturated carbocycles. The molecule has 32 heavy (non-hydrogen) atoms. The number of hydrogen-bond acceptors (Lipinski definition) is 3. The lowest BCUT2D eigenvalue weighted by Gasteiger charge is -2.33. The van der Waals surface area contributed by atoms with Crippen LogP contribution in [0.3, 0.4) is 0 Å². The van der Waals surface area contributed by atoms with Crippen LogP contribution in [0.25, 0.3) is 0 Å². The van der Waals surface area contributed by atoms with E-state index in [1.807, 2.05) is 60.7 Å². The fourth-order valence-electron chi connectivity index (χ4n) is 4.48. The van der Waals surface area contributed by atoms with Crippen LogP contribution in [0.1, 0.15) is 35.4 Å². The molecule has 0 amide bonds. The Morgan fingerprint density at radius 2 is 1.53 bits per heavy atom. The Morgan fingerprint density at radius 3 is 2.19 bits per heavy atom. The molecular formula is C26H29FN2O2S. The van der Waals surface area contributed by atoms with E-state index < -0.39 is 10.0 Å². The first-order valence-electron chi connectivity index (χ1n) is 11.0. The van der Waals surface area contributed by atoms with Gasteiger partial charge in [-0.2, -0.15) is 0 Å². The van der Waals surface area contributed by atoms with Crippen LogP contribution in [-0.4, -0.2) is 32.7 Å². The highest BCUT2D eigenvalue weighted by atomic mass is 32.2. The highest BCUT2D eigenvalue weighted by molar-refractivity contribution is 7.92. The second-order valence-electron chi connectivity index (χ2n) is 8.48. The molecule has 6 heteroatoms. The highest BCUT2D eigenvalue weighted by Gasteiger charge is 2.25. The third-order valence-electron chi connectivity index (χ3n) is 6.16. The SMILES string of the molecule is CS(=O)(=O)N(Cc1ccccc1C1CCN(Cc2ccc(F)cc2)CC1)c1ccccc1. The topological polar surface area (TPSA) is 40.6 Å². The zero-order chi connectivity index (χ0) is 22.6. The number of rotatable bonds is 7. The highest BCUT2D eigenvalue weighted by Crippen LogP contribution is 2.32. The maximum Gasteiger partial charge on any atom is 0.232 e. The monoisotopic (exact) mass is 452 g/mol. The van der Waals surface area contributed by atoms with Gasteiger partial charge in [-0.05, 0) is 72.8 Å². The minimum Gasteiger partial charge on any atom is -0.299 e. The van der Waals surface area contributed by atoms with Crippen LogP contribution in [0.4, 0.5) is 10.1 Å². The number of nitrogens with zero attached hydrogens (tertiary/aromatic N) is 2. The summed E-state index contributed by atoms with van der Waals surface area (Å²) >= 11 is 0. The minimum atomic E-state index is -3.41. The fraction of sp³-hybridized carbons (Fsp3) is 0.308. The van der Waals surface area contributed by atoms with Gasteiger partial charge in [-0.3, -0.25) is 9.21 Å². The second kappa shape index (κ2) is 9.84. The summed E-state index contributed by atoms with van der Waals surface area (Å²) in [6.07, 6.45) is 3.29. The molecule has 3 aromatic carbocycles. The number of sulfonamides is 1. The van der Waals surface area contributed by atoms with Crippen molar-refractivity contribution in [1.29, 1.82) is 0 Å². The Labute approximate surface area is 190 Å². The summed E-state index contributed by atoms with van der Waals surface area (Å²) in [5, 5.41) is 0. The third-order valence-corrected chi connectivity index (χ3v) is 7.30. The summed E-state index contributed by atoms with van der Waals surface area (Å²) in [6, 6.07) is 24.2. The third kappa shape index (κ3) is 5.56. The van der Waals surface area contributed by atoms with Crippen LogP contribution in [0.15, 0.2) is 78.9 Å². The number of benzene rings is 3. The Bertz CT molecular complexity index is 1130. The van der Waals surface area contributed by atoms with Crippen molar-refractivity contribution in [3.8, 4) is 0 Å². The van der Waals surface area contributed by atoms with Gasteiger partial charge in [-0.25, -0.2) is 12.8 Å². The molecule has 1 saturated heterocycles. The number of hydrogen-bond donors (Lipinski definition) is 0. The summed E-state index contributed by atoms with van der Waals surface area (Å²) in [5.41, 5.74) is 4.09. The van der Waals surface area contributed by atoms with E-state index in [0.717, 1.165) is 43.6 Å². The molecule has 0 atom stereocenters. The average molecular weight is 453 g/mol. The largest absolute Gasteiger partial charge is 0.299 e. The summed E-state index contributed by atoms with van der Waals surface area (Å²) in [4.78, 5) is 2.40. The van der Waals surface area contributed by atoms with Crippen molar-refractivity contribution in [1.82, 2.24) is 4.90 Å².